The van der Waals surface area contributed by atoms with Crippen LogP contribution < -0.4 is 10.2 Å². The molecule has 0 aromatic heterocycles. The van der Waals surface area contributed by atoms with Gasteiger partial charge in [-0.2, -0.15) is 0 Å². The molecular weight excluding hydrogens is 567 g/mol. The maximum Gasteiger partial charge on any atom is 2.00 e. The number of unbranched alkanes of at least 4 members (excludes halogenated alkanes) is 12. The Balaban J connectivity index is -0.000000227. The zero-order valence-electron chi connectivity index (χ0n) is 24.6. The van der Waals surface area contributed by atoms with Crippen LogP contribution in [0.5, 0.6) is 0 Å². The molecule has 0 saturated heterocycles. The molecule has 37 heavy (non-hydrogen) atoms. The predicted molar refractivity (Wildman–Crippen MR) is 157 cm³/mol. The summed E-state index contributed by atoms with van der Waals surface area (Å²) >= 11 is 0. The van der Waals surface area contributed by atoms with Crippen molar-refractivity contribution in [3.8, 4) is 0 Å². The molecule has 0 spiro atoms. The van der Waals surface area contributed by atoms with Crippen LogP contribution >= 0.6 is 0 Å². The van der Waals surface area contributed by atoms with Crippen molar-refractivity contribution >= 4 is 35.8 Å². The number of aryl methyl sites for hydroxylation is 1. The van der Waals surface area contributed by atoms with Gasteiger partial charge in [-0.25, -0.2) is 0 Å². The van der Waals surface area contributed by atoms with E-state index in [1.54, 1.807) is 12.1 Å². The van der Waals surface area contributed by atoms with Gasteiger partial charge in [0.15, 0.2) is 0 Å². The molecular formula is C32H56O4Sn. The average molecular weight is 624 g/mol. The maximum absolute atomic E-state index is 10.4. The van der Waals surface area contributed by atoms with Crippen molar-refractivity contribution in [2.24, 2.45) is 0 Å². The van der Waals surface area contributed by atoms with Crippen LogP contribution in [-0.2, 0) is 11.2 Å². The van der Waals surface area contributed by atoms with E-state index in [9.17, 15) is 19.8 Å². The van der Waals surface area contributed by atoms with Crippen molar-refractivity contribution in [1.29, 1.82) is 0 Å². The molecule has 0 aliphatic rings. The first-order valence-corrected chi connectivity index (χ1v) is 14.4. The van der Waals surface area contributed by atoms with Crippen LogP contribution in [-0.4, -0.2) is 35.8 Å². The fourth-order valence-electron chi connectivity index (χ4n) is 3.03. The van der Waals surface area contributed by atoms with Crippen LogP contribution in [0.4, 0.5) is 0 Å². The van der Waals surface area contributed by atoms with E-state index in [-0.39, 0.29) is 35.9 Å². The van der Waals surface area contributed by atoms with Crippen molar-refractivity contribution in [2.75, 3.05) is 0 Å². The molecule has 0 heterocycles. The van der Waals surface area contributed by atoms with E-state index in [1.807, 2.05) is 12.1 Å². The smallest absolute Gasteiger partial charge is 0.550 e. The van der Waals surface area contributed by atoms with Gasteiger partial charge in [0, 0.05) is 5.97 Å². The van der Waals surface area contributed by atoms with E-state index in [2.05, 4.69) is 41.5 Å². The first kappa shape index (κ1) is 43.0. The van der Waals surface area contributed by atoms with Gasteiger partial charge in [0.2, 0.25) is 0 Å². The number of carbonyl (C=O) groups is 2. The van der Waals surface area contributed by atoms with Crippen molar-refractivity contribution in [1.82, 2.24) is 0 Å². The first-order chi connectivity index (χ1) is 17.3. The number of hydrogen-bond acceptors (Lipinski definition) is 4. The summed E-state index contributed by atoms with van der Waals surface area (Å²) in [6.07, 6.45) is 20.7. The molecule has 212 valence electrons. The zero-order valence-corrected chi connectivity index (χ0v) is 27.4. The van der Waals surface area contributed by atoms with Gasteiger partial charge >= 0.3 is 23.9 Å². The summed E-state index contributed by atoms with van der Waals surface area (Å²) in [4.78, 5) is 20.5. The molecule has 0 fully saturated rings. The minimum atomic E-state index is -1.11. The topological polar surface area (TPSA) is 80.3 Å². The van der Waals surface area contributed by atoms with Gasteiger partial charge in [0.05, 0.1) is 5.97 Å². The Labute approximate surface area is 247 Å². The minimum absolute atomic E-state index is 0. The van der Waals surface area contributed by atoms with Gasteiger partial charge in [-0.05, 0) is 30.4 Å². The van der Waals surface area contributed by atoms with E-state index in [0.717, 1.165) is 38.5 Å². The Morgan fingerprint density at radius 2 is 1.00 bits per heavy atom. The summed E-state index contributed by atoms with van der Waals surface area (Å²) < 4.78 is 0. The fourth-order valence-corrected chi connectivity index (χ4v) is 3.03. The third-order valence-corrected chi connectivity index (χ3v) is 5.42. The van der Waals surface area contributed by atoms with Gasteiger partial charge < -0.3 is 19.8 Å². The molecule has 0 bridgehead atoms. The Kier molecular flexibility index (Phi) is 43.2. The van der Waals surface area contributed by atoms with Gasteiger partial charge in [0.1, 0.15) is 0 Å². The Bertz CT molecular complexity index is 565. The molecule has 1 rings (SSSR count). The Morgan fingerprint density at radius 3 is 1.30 bits per heavy atom. The third-order valence-electron chi connectivity index (χ3n) is 5.42. The molecule has 0 N–H and O–H groups in total. The van der Waals surface area contributed by atoms with Gasteiger partial charge in [-0.3, -0.25) is 0 Å². The SMILES string of the molecule is CCCCCCCCCCCCCC(=O)[O-].CCCc1ccc(C(=O)[O-])cc1.[CH2]CCC.[CH2]CCC.[Sn+2]. The standard InChI is InChI=1S/C14H28O2.C10H12O2.2C4H9.Sn/c1-2-3-4-5-6-7-8-9-10-11-12-13-14(15)16;1-2-3-8-4-6-9(7-5-8)10(11)12;2*1-3-4-2;/h2-13H2,1H3,(H,15,16);4-7H,2-3H2,1H3,(H,11,12);2*1,3-4H2,2H3;/q;;;;+2/p-2. The van der Waals surface area contributed by atoms with E-state index in [0.29, 0.717) is 0 Å². The molecule has 4 radical (unpaired) electrons. The summed E-state index contributed by atoms with van der Waals surface area (Å²) in [7, 11) is 0. The second kappa shape index (κ2) is 37.1. The van der Waals surface area contributed by atoms with Crippen LogP contribution in [0.3, 0.4) is 0 Å². The predicted octanol–water partition coefficient (Wildman–Crippen LogP) is 7.30. The van der Waals surface area contributed by atoms with Crippen LogP contribution in [0.1, 0.15) is 153 Å². The quantitative estimate of drug-likeness (QED) is 0.135. The molecule has 0 unspecified atom stereocenters. The molecule has 0 aliphatic carbocycles. The van der Waals surface area contributed by atoms with Crippen molar-refractivity contribution < 1.29 is 19.8 Å². The molecule has 0 saturated carbocycles. The maximum atomic E-state index is 10.4. The number of rotatable bonds is 17. The monoisotopic (exact) mass is 624 g/mol. The van der Waals surface area contributed by atoms with Crippen LogP contribution in [0.15, 0.2) is 24.3 Å². The van der Waals surface area contributed by atoms with Crippen molar-refractivity contribution in [2.45, 2.75) is 143 Å². The molecule has 1 aromatic rings. The van der Waals surface area contributed by atoms with E-state index in [4.69, 9.17) is 0 Å². The molecule has 4 nitrogen and oxygen atoms in total. The first-order valence-electron chi connectivity index (χ1n) is 14.4. The number of hydrogen-bond donors (Lipinski definition) is 0. The average Bonchev–Trinajstić information content (AvgIpc) is 2.88. The van der Waals surface area contributed by atoms with Crippen LogP contribution in [0.25, 0.3) is 0 Å². The number of benzene rings is 1. The van der Waals surface area contributed by atoms with Crippen LogP contribution in [0, 0.1) is 13.8 Å². The third kappa shape index (κ3) is 39.6. The Hall–Kier alpha value is -1.04. The van der Waals surface area contributed by atoms with Crippen molar-refractivity contribution in [3.05, 3.63) is 49.2 Å². The minimum Gasteiger partial charge on any atom is -0.550 e. The molecule has 5 heteroatoms. The molecule has 1 aromatic carbocycles. The second-order valence-corrected chi connectivity index (χ2v) is 9.10. The summed E-state index contributed by atoms with van der Waals surface area (Å²) in [5.41, 5.74) is 1.41. The van der Waals surface area contributed by atoms with E-state index >= 15 is 0 Å². The normalized spacial score (nSPS) is 9.35. The summed E-state index contributed by atoms with van der Waals surface area (Å²) in [5.74, 6) is -2.02. The number of carbonyl (C=O) groups excluding carboxylic acids is 2. The molecule has 0 atom stereocenters. The van der Waals surface area contributed by atoms with E-state index < -0.39 is 11.9 Å². The van der Waals surface area contributed by atoms with Crippen LogP contribution in [0.2, 0.25) is 0 Å². The molecule has 0 aliphatic heterocycles. The molecule has 0 amide bonds. The summed E-state index contributed by atoms with van der Waals surface area (Å²) in [6, 6.07) is 6.82. The van der Waals surface area contributed by atoms with Gasteiger partial charge in [0.25, 0.3) is 0 Å². The zero-order chi connectivity index (χ0) is 27.9. The van der Waals surface area contributed by atoms with Gasteiger partial charge in [-0.1, -0.05) is 162 Å². The number of aromatic carboxylic acids is 1. The number of aliphatic carboxylic acids is 1. The van der Waals surface area contributed by atoms with Gasteiger partial charge in [-0.15, -0.1) is 0 Å². The van der Waals surface area contributed by atoms with Crippen molar-refractivity contribution in [3.63, 3.8) is 0 Å². The Morgan fingerprint density at radius 1 is 0.622 bits per heavy atom. The number of carboxylic acid groups (broad SMARTS) is 2. The summed E-state index contributed by atoms with van der Waals surface area (Å²) in [5, 5.41) is 20.5. The fraction of sp³-hybridized carbons (Fsp3) is 0.688. The number of carboxylic acids is 2. The largest absolute Gasteiger partial charge is 2.00 e. The summed E-state index contributed by atoms with van der Waals surface area (Å²) in [6.45, 7) is 15.8. The van der Waals surface area contributed by atoms with E-state index in [1.165, 1.54) is 76.2 Å². The second-order valence-electron chi connectivity index (χ2n) is 9.10.